The van der Waals surface area contributed by atoms with E-state index in [4.69, 9.17) is 11.6 Å². The third-order valence-corrected chi connectivity index (χ3v) is 5.45. The molecule has 0 saturated heterocycles. The molecule has 0 spiro atoms. The Morgan fingerprint density at radius 3 is 2.70 bits per heavy atom. The number of carbonyl (C=O) groups is 2. The zero-order chi connectivity index (χ0) is 19.8. The number of amides is 2. The van der Waals surface area contributed by atoms with Crippen molar-refractivity contribution in [2.24, 2.45) is 4.40 Å². The third-order valence-electron chi connectivity index (χ3n) is 3.95. The van der Waals surface area contributed by atoms with E-state index in [9.17, 15) is 18.0 Å². The number of anilines is 1. The lowest BCUT2D eigenvalue weighted by Crippen LogP contribution is -2.37. The summed E-state index contributed by atoms with van der Waals surface area (Å²) in [5, 5.41) is 2.98. The second-order valence-electron chi connectivity index (χ2n) is 6.20. The molecule has 142 valence electrons. The van der Waals surface area contributed by atoms with Crippen molar-refractivity contribution in [1.29, 1.82) is 0 Å². The van der Waals surface area contributed by atoms with E-state index in [1.54, 1.807) is 31.1 Å². The minimum atomic E-state index is -3.45. The molecule has 2 aliphatic heterocycles. The molecule has 0 saturated carbocycles. The smallest absolute Gasteiger partial charge is 0.257 e. The summed E-state index contributed by atoms with van der Waals surface area (Å²) >= 11 is 6.13. The van der Waals surface area contributed by atoms with Crippen LogP contribution in [0.5, 0.6) is 0 Å². The fourth-order valence-corrected chi connectivity index (χ4v) is 3.68. The first-order valence-electron chi connectivity index (χ1n) is 7.98. The fourth-order valence-electron chi connectivity index (χ4n) is 2.54. The van der Waals surface area contributed by atoms with E-state index in [0.717, 1.165) is 0 Å². The second-order valence-corrected chi connectivity index (χ2v) is 8.36. The van der Waals surface area contributed by atoms with Gasteiger partial charge in [-0.1, -0.05) is 11.6 Å². The van der Waals surface area contributed by atoms with Crippen LogP contribution in [0, 0.1) is 0 Å². The molecule has 1 aromatic rings. The van der Waals surface area contributed by atoms with Gasteiger partial charge in [-0.15, -0.1) is 4.40 Å². The molecule has 1 aromatic carbocycles. The van der Waals surface area contributed by atoms with Gasteiger partial charge in [0.2, 0.25) is 0 Å². The Kier molecular flexibility index (Phi) is 5.07. The minimum Gasteiger partial charge on any atom is -0.345 e. The van der Waals surface area contributed by atoms with Crippen molar-refractivity contribution in [3.8, 4) is 0 Å². The third kappa shape index (κ3) is 4.20. The van der Waals surface area contributed by atoms with Gasteiger partial charge in [0, 0.05) is 32.4 Å². The highest BCUT2D eigenvalue weighted by molar-refractivity contribution is 7.90. The summed E-state index contributed by atoms with van der Waals surface area (Å²) in [4.78, 5) is 27.7. The first-order valence-corrected chi connectivity index (χ1v) is 9.97. The van der Waals surface area contributed by atoms with Crippen LogP contribution in [-0.2, 0) is 14.8 Å². The maximum atomic E-state index is 12.6. The molecule has 10 heteroatoms. The SMILES string of the molecule is CN(C)C(=O)c1ccc(Cl)c(NC(=O)C2=CN3CCS(=O)(=O)N=C3C=C2)c1. The number of hydrogen-bond donors (Lipinski definition) is 1. The Hall–Kier alpha value is -2.65. The van der Waals surface area contributed by atoms with Gasteiger partial charge in [-0.3, -0.25) is 9.59 Å². The van der Waals surface area contributed by atoms with Crippen molar-refractivity contribution in [3.63, 3.8) is 0 Å². The summed E-state index contributed by atoms with van der Waals surface area (Å²) < 4.78 is 26.7. The number of nitrogens with zero attached hydrogens (tertiary/aromatic N) is 3. The van der Waals surface area contributed by atoms with E-state index in [1.807, 2.05) is 0 Å². The van der Waals surface area contributed by atoms with Gasteiger partial charge in [-0.05, 0) is 30.4 Å². The van der Waals surface area contributed by atoms with Gasteiger partial charge >= 0.3 is 0 Å². The lowest BCUT2D eigenvalue weighted by Gasteiger charge is -2.27. The summed E-state index contributed by atoms with van der Waals surface area (Å²) in [6.45, 7) is 0.218. The first-order chi connectivity index (χ1) is 12.7. The number of carbonyl (C=O) groups excluding carboxylic acids is 2. The van der Waals surface area contributed by atoms with Crippen molar-refractivity contribution < 1.29 is 18.0 Å². The standard InChI is InChI=1S/C17H17ClN4O4S/c1-21(2)17(24)11-3-5-13(18)14(9-11)19-16(23)12-4-6-15-20-27(25,26)8-7-22(15)10-12/h3-6,9-10H,7-8H2,1-2H3,(H,19,23). The molecular weight excluding hydrogens is 392 g/mol. The zero-order valence-corrected chi connectivity index (χ0v) is 16.2. The van der Waals surface area contributed by atoms with Crippen molar-refractivity contribution in [2.75, 3.05) is 31.7 Å². The molecule has 0 fully saturated rings. The second kappa shape index (κ2) is 7.16. The van der Waals surface area contributed by atoms with Crippen LogP contribution in [0.25, 0.3) is 0 Å². The van der Waals surface area contributed by atoms with Gasteiger partial charge in [0.1, 0.15) is 5.84 Å². The summed E-state index contributed by atoms with van der Waals surface area (Å²) in [6.07, 6.45) is 4.49. The largest absolute Gasteiger partial charge is 0.345 e. The minimum absolute atomic E-state index is 0.115. The number of rotatable bonds is 3. The maximum Gasteiger partial charge on any atom is 0.257 e. The molecule has 0 bridgehead atoms. The Labute approximate surface area is 161 Å². The van der Waals surface area contributed by atoms with E-state index in [2.05, 4.69) is 9.71 Å². The van der Waals surface area contributed by atoms with E-state index < -0.39 is 15.9 Å². The maximum absolute atomic E-state index is 12.6. The molecule has 2 amide bonds. The highest BCUT2D eigenvalue weighted by Crippen LogP contribution is 2.25. The quantitative estimate of drug-likeness (QED) is 0.816. The molecule has 2 aliphatic rings. The summed E-state index contributed by atoms with van der Waals surface area (Å²) in [5.41, 5.74) is 1.02. The Morgan fingerprint density at radius 2 is 2.00 bits per heavy atom. The summed E-state index contributed by atoms with van der Waals surface area (Å²) in [7, 11) is -0.194. The Morgan fingerprint density at radius 1 is 1.26 bits per heavy atom. The van der Waals surface area contributed by atoms with Crippen LogP contribution in [0.4, 0.5) is 5.69 Å². The van der Waals surface area contributed by atoms with Gasteiger partial charge in [0.25, 0.3) is 21.8 Å². The summed E-state index contributed by atoms with van der Waals surface area (Å²) in [6, 6.07) is 4.63. The molecule has 8 nitrogen and oxygen atoms in total. The lowest BCUT2D eigenvalue weighted by molar-refractivity contribution is -0.112. The number of fused-ring (bicyclic) bond motifs is 1. The fraction of sp³-hybridized carbons (Fsp3) is 0.235. The zero-order valence-electron chi connectivity index (χ0n) is 14.6. The van der Waals surface area contributed by atoms with Gasteiger partial charge in [0.15, 0.2) is 0 Å². The predicted octanol–water partition coefficient (Wildman–Crippen LogP) is 1.48. The molecule has 0 unspecified atom stereocenters. The molecule has 3 rings (SSSR count). The van der Waals surface area contributed by atoms with Gasteiger partial charge < -0.3 is 15.1 Å². The average Bonchev–Trinajstić information content (AvgIpc) is 2.61. The molecule has 2 heterocycles. The van der Waals surface area contributed by atoms with Crippen LogP contribution in [0.15, 0.2) is 46.5 Å². The molecular formula is C17H17ClN4O4S. The first kappa shape index (κ1) is 19.1. The van der Waals surface area contributed by atoms with Gasteiger partial charge in [-0.25, -0.2) is 8.42 Å². The number of sulfonamides is 1. The van der Waals surface area contributed by atoms with Crippen molar-refractivity contribution >= 4 is 45.0 Å². The highest BCUT2D eigenvalue weighted by atomic mass is 35.5. The van der Waals surface area contributed by atoms with Crippen LogP contribution >= 0.6 is 11.6 Å². The Bertz CT molecular complexity index is 1010. The molecule has 27 heavy (non-hydrogen) atoms. The van der Waals surface area contributed by atoms with E-state index in [0.29, 0.717) is 21.8 Å². The normalized spacial score (nSPS) is 17.5. The number of benzene rings is 1. The number of halogens is 1. The molecule has 0 radical (unpaired) electrons. The molecule has 0 aromatic heterocycles. The topological polar surface area (TPSA) is 99.1 Å². The van der Waals surface area contributed by atoms with Crippen LogP contribution in [0.3, 0.4) is 0 Å². The lowest BCUT2D eigenvalue weighted by atomic mass is 10.1. The van der Waals surface area contributed by atoms with Crippen LogP contribution in [0.2, 0.25) is 5.02 Å². The average molecular weight is 409 g/mol. The predicted molar refractivity (Wildman–Crippen MR) is 103 cm³/mol. The van der Waals surface area contributed by atoms with Gasteiger partial charge in [-0.2, -0.15) is 0 Å². The van der Waals surface area contributed by atoms with E-state index in [1.165, 1.54) is 29.3 Å². The molecule has 0 aliphatic carbocycles. The number of nitrogens with one attached hydrogen (secondary N) is 1. The number of hydrogen-bond acceptors (Lipinski definition) is 5. The highest BCUT2D eigenvalue weighted by Gasteiger charge is 2.25. The van der Waals surface area contributed by atoms with Crippen molar-refractivity contribution in [1.82, 2.24) is 9.80 Å². The van der Waals surface area contributed by atoms with Crippen molar-refractivity contribution in [3.05, 3.63) is 52.7 Å². The Balaban J connectivity index is 1.81. The molecule has 0 atom stereocenters. The number of amidine groups is 1. The van der Waals surface area contributed by atoms with E-state index >= 15 is 0 Å². The summed E-state index contributed by atoms with van der Waals surface area (Å²) in [5.74, 6) is -0.491. The monoisotopic (exact) mass is 408 g/mol. The van der Waals surface area contributed by atoms with Crippen LogP contribution in [0.1, 0.15) is 10.4 Å². The van der Waals surface area contributed by atoms with E-state index in [-0.39, 0.29) is 24.0 Å². The van der Waals surface area contributed by atoms with Crippen molar-refractivity contribution in [2.45, 2.75) is 0 Å². The van der Waals surface area contributed by atoms with Crippen LogP contribution < -0.4 is 5.32 Å². The van der Waals surface area contributed by atoms with Crippen LogP contribution in [-0.4, -0.2) is 62.3 Å². The van der Waals surface area contributed by atoms with Gasteiger partial charge in [0.05, 0.1) is 22.0 Å². The molecule has 1 N–H and O–H groups in total.